The first kappa shape index (κ1) is 14.0. The van der Waals surface area contributed by atoms with Crippen LogP contribution in [0.3, 0.4) is 0 Å². The van der Waals surface area contributed by atoms with Gasteiger partial charge in [0.15, 0.2) is 0 Å². The molecule has 0 radical (unpaired) electrons. The summed E-state index contributed by atoms with van der Waals surface area (Å²) in [5, 5.41) is 5.44. The Labute approximate surface area is 120 Å². The minimum atomic E-state index is -0.256. The molecule has 1 N–H and O–H groups in total. The Balaban J connectivity index is 1.90. The smallest absolute Gasteiger partial charge is 0.227 e. The van der Waals surface area contributed by atoms with Gasteiger partial charge in [-0.05, 0) is 13.8 Å². The minimum Gasteiger partial charge on any atom is -0.444 e. The summed E-state index contributed by atoms with van der Waals surface area (Å²) in [5.41, 5.74) is 0.797. The van der Waals surface area contributed by atoms with E-state index in [2.05, 4.69) is 15.3 Å². The Kier molecular flexibility index (Phi) is 4.55. The highest BCUT2D eigenvalue weighted by Crippen LogP contribution is 2.14. The third kappa shape index (κ3) is 3.78. The van der Waals surface area contributed by atoms with Crippen LogP contribution in [0.2, 0.25) is 0 Å². The van der Waals surface area contributed by atoms with Gasteiger partial charge in [0.1, 0.15) is 16.8 Å². The number of thiazole rings is 1. The normalized spacial score (nSPS) is 12.4. The maximum atomic E-state index is 11.9. The van der Waals surface area contributed by atoms with E-state index in [0.29, 0.717) is 11.8 Å². The predicted molar refractivity (Wildman–Crippen MR) is 73.2 cm³/mol. The maximum absolute atomic E-state index is 11.9. The molecule has 0 spiro atoms. The van der Waals surface area contributed by atoms with Crippen molar-refractivity contribution in [3.05, 3.63) is 33.9 Å². The molecule has 0 aliphatic rings. The van der Waals surface area contributed by atoms with E-state index < -0.39 is 0 Å². The minimum absolute atomic E-state index is 0.112. The van der Waals surface area contributed by atoms with Crippen molar-refractivity contribution >= 4 is 28.8 Å². The maximum Gasteiger partial charge on any atom is 0.227 e. The van der Waals surface area contributed by atoms with Gasteiger partial charge in [-0.15, -0.1) is 22.9 Å². The predicted octanol–water partition coefficient (Wildman–Crippen LogP) is 2.60. The summed E-state index contributed by atoms with van der Waals surface area (Å²) in [5.74, 6) is 1.48. The Morgan fingerprint density at radius 2 is 2.42 bits per heavy atom. The van der Waals surface area contributed by atoms with E-state index in [1.807, 2.05) is 19.2 Å². The summed E-state index contributed by atoms with van der Waals surface area (Å²) in [4.78, 5) is 20.2. The molecular weight excluding hydrogens is 286 g/mol. The number of hydrogen-bond donors (Lipinski definition) is 1. The van der Waals surface area contributed by atoms with Gasteiger partial charge in [-0.3, -0.25) is 4.79 Å². The van der Waals surface area contributed by atoms with E-state index >= 15 is 0 Å². The molecule has 2 rings (SSSR count). The number of aryl methyl sites for hydroxylation is 1. The fraction of sp³-hybridized carbons (Fsp3) is 0.417. The number of halogens is 1. The van der Waals surface area contributed by atoms with E-state index in [1.54, 1.807) is 6.20 Å². The molecule has 19 heavy (non-hydrogen) atoms. The van der Waals surface area contributed by atoms with Crippen LogP contribution < -0.4 is 5.32 Å². The fourth-order valence-electron chi connectivity index (χ4n) is 1.56. The second-order valence-corrected chi connectivity index (χ2v) is 5.35. The van der Waals surface area contributed by atoms with Crippen molar-refractivity contribution in [2.75, 3.05) is 0 Å². The van der Waals surface area contributed by atoms with E-state index in [1.165, 1.54) is 11.3 Å². The molecule has 0 saturated heterocycles. The molecule has 1 amide bonds. The van der Waals surface area contributed by atoms with Crippen molar-refractivity contribution < 1.29 is 9.21 Å². The van der Waals surface area contributed by atoms with E-state index in [4.69, 9.17) is 16.0 Å². The zero-order chi connectivity index (χ0) is 13.8. The highest BCUT2D eigenvalue weighted by Gasteiger charge is 2.15. The molecule has 0 aliphatic heterocycles. The van der Waals surface area contributed by atoms with Gasteiger partial charge in [0.05, 0.1) is 24.2 Å². The number of oxazole rings is 1. The molecule has 2 aromatic heterocycles. The van der Waals surface area contributed by atoms with Crippen LogP contribution in [-0.2, 0) is 17.1 Å². The molecule has 7 heteroatoms. The largest absolute Gasteiger partial charge is 0.444 e. The van der Waals surface area contributed by atoms with Crippen LogP contribution in [0.1, 0.15) is 35.3 Å². The van der Waals surface area contributed by atoms with Crippen LogP contribution in [0.15, 0.2) is 16.0 Å². The number of carbonyl (C=O) groups excluding carboxylic acids is 1. The summed E-state index contributed by atoms with van der Waals surface area (Å²) in [7, 11) is 0. The lowest BCUT2D eigenvalue weighted by molar-refractivity contribution is -0.121. The molecule has 0 saturated carbocycles. The molecule has 2 aromatic rings. The topological polar surface area (TPSA) is 68.0 Å². The van der Waals surface area contributed by atoms with E-state index in [-0.39, 0.29) is 18.4 Å². The van der Waals surface area contributed by atoms with Gasteiger partial charge < -0.3 is 9.73 Å². The molecular formula is C12H14ClN3O2S. The summed E-state index contributed by atoms with van der Waals surface area (Å²) in [6.07, 6.45) is 1.87. The van der Waals surface area contributed by atoms with Crippen molar-refractivity contribution in [1.29, 1.82) is 0 Å². The third-order valence-electron chi connectivity index (χ3n) is 2.44. The Hall–Kier alpha value is -1.40. The van der Waals surface area contributed by atoms with Crippen LogP contribution in [0, 0.1) is 6.92 Å². The lowest BCUT2D eigenvalue weighted by Gasteiger charge is -2.09. The number of nitrogens with one attached hydrogen (secondary N) is 1. The van der Waals surface area contributed by atoms with Crippen molar-refractivity contribution in [1.82, 2.24) is 15.3 Å². The second kappa shape index (κ2) is 6.16. The number of rotatable bonds is 5. The average Bonchev–Trinajstić information content (AvgIpc) is 2.97. The second-order valence-electron chi connectivity index (χ2n) is 4.14. The lowest BCUT2D eigenvalue weighted by Crippen LogP contribution is -2.28. The Morgan fingerprint density at radius 3 is 3.00 bits per heavy atom. The fourth-order valence-corrected chi connectivity index (χ4v) is 2.58. The quantitative estimate of drug-likeness (QED) is 0.862. The molecule has 5 nitrogen and oxygen atoms in total. The number of hydrogen-bond acceptors (Lipinski definition) is 5. The zero-order valence-electron chi connectivity index (χ0n) is 10.6. The summed E-state index contributed by atoms with van der Waals surface area (Å²) >= 11 is 7.10. The molecule has 0 fully saturated rings. The number of amides is 1. The molecule has 0 aliphatic carbocycles. The van der Waals surface area contributed by atoms with Gasteiger partial charge >= 0.3 is 0 Å². The molecule has 2 heterocycles. The van der Waals surface area contributed by atoms with Crippen molar-refractivity contribution in [3.8, 4) is 0 Å². The SMILES string of the molecule is Cc1cnc(C(C)NC(=O)Cc2nc(CCl)cs2)o1. The van der Waals surface area contributed by atoms with Gasteiger partial charge in [-0.1, -0.05) is 0 Å². The van der Waals surface area contributed by atoms with E-state index in [0.717, 1.165) is 16.5 Å². The van der Waals surface area contributed by atoms with Crippen LogP contribution in [0.4, 0.5) is 0 Å². The number of carbonyl (C=O) groups is 1. The number of alkyl halides is 1. The summed E-state index contributed by atoms with van der Waals surface area (Å²) in [6, 6.07) is -0.256. The zero-order valence-corrected chi connectivity index (χ0v) is 12.2. The Bertz CT molecular complexity index is 567. The van der Waals surface area contributed by atoms with Crippen molar-refractivity contribution in [2.24, 2.45) is 0 Å². The van der Waals surface area contributed by atoms with Crippen LogP contribution in [0.25, 0.3) is 0 Å². The van der Waals surface area contributed by atoms with Crippen LogP contribution in [-0.4, -0.2) is 15.9 Å². The highest BCUT2D eigenvalue weighted by molar-refractivity contribution is 7.09. The molecule has 102 valence electrons. The van der Waals surface area contributed by atoms with Gasteiger partial charge in [0, 0.05) is 5.38 Å². The van der Waals surface area contributed by atoms with Crippen LogP contribution >= 0.6 is 22.9 Å². The molecule has 0 bridgehead atoms. The highest BCUT2D eigenvalue weighted by atomic mass is 35.5. The number of nitrogens with zero attached hydrogens (tertiary/aromatic N) is 2. The van der Waals surface area contributed by atoms with Gasteiger partial charge in [0.25, 0.3) is 0 Å². The summed E-state index contributed by atoms with van der Waals surface area (Å²) < 4.78 is 5.36. The first-order valence-electron chi connectivity index (χ1n) is 5.79. The van der Waals surface area contributed by atoms with Gasteiger partial charge in [0.2, 0.25) is 11.8 Å². The first-order valence-corrected chi connectivity index (χ1v) is 7.21. The number of aromatic nitrogens is 2. The molecule has 1 unspecified atom stereocenters. The monoisotopic (exact) mass is 299 g/mol. The standard InChI is InChI=1S/C12H14ClN3O2S/c1-7-5-14-12(18-7)8(2)15-10(17)3-11-16-9(4-13)6-19-11/h5-6,8H,3-4H2,1-2H3,(H,15,17). The van der Waals surface area contributed by atoms with Gasteiger partial charge in [-0.2, -0.15) is 0 Å². The van der Waals surface area contributed by atoms with Crippen molar-refractivity contribution in [3.63, 3.8) is 0 Å². The third-order valence-corrected chi connectivity index (χ3v) is 3.61. The lowest BCUT2D eigenvalue weighted by atomic mass is 10.3. The summed E-state index contributed by atoms with van der Waals surface area (Å²) in [6.45, 7) is 3.64. The average molecular weight is 300 g/mol. The Morgan fingerprint density at radius 1 is 1.63 bits per heavy atom. The van der Waals surface area contributed by atoms with Crippen LogP contribution in [0.5, 0.6) is 0 Å². The first-order chi connectivity index (χ1) is 9.08. The van der Waals surface area contributed by atoms with Gasteiger partial charge in [-0.25, -0.2) is 9.97 Å². The van der Waals surface area contributed by atoms with Crippen molar-refractivity contribution in [2.45, 2.75) is 32.2 Å². The van der Waals surface area contributed by atoms with E-state index in [9.17, 15) is 4.79 Å². The molecule has 1 atom stereocenters. The molecule has 0 aromatic carbocycles.